The van der Waals surface area contributed by atoms with E-state index in [1.165, 1.54) is 21.5 Å². The Kier molecular flexibility index (Phi) is 10.7. The van der Waals surface area contributed by atoms with Crippen LogP contribution in [-0.2, 0) is 23.7 Å². The molecule has 10 rings (SSSR count). The number of alkyl halides is 3. The zero-order valence-electron chi connectivity index (χ0n) is 35.1. The summed E-state index contributed by atoms with van der Waals surface area (Å²) < 4.78 is 86.4. The van der Waals surface area contributed by atoms with Crippen molar-refractivity contribution < 1.29 is 36.3 Å². The number of anilines is 4. The number of imide groups is 1. The molecule has 4 fully saturated rings. The lowest BCUT2D eigenvalue weighted by molar-refractivity contribution is -0.134. The number of hydrogen-bond acceptors (Lipinski definition) is 11. The number of fused-ring (bicyclic) bond motifs is 4. The molecule has 0 spiro atoms. The van der Waals surface area contributed by atoms with Crippen LogP contribution in [0.25, 0.3) is 21.8 Å². The Labute approximate surface area is 368 Å². The van der Waals surface area contributed by atoms with Crippen molar-refractivity contribution in [2.45, 2.75) is 74.9 Å². The molecule has 2 aromatic carbocycles. The lowest BCUT2D eigenvalue weighted by Gasteiger charge is -2.39. The minimum Gasteiger partial charge on any atom is -0.480 e. The molecular weight excluding hydrogens is 863 g/mol. The highest BCUT2D eigenvalue weighted by Crippen LogP contribution is 2.46. The number of carbonyl (C=O) groups is 2. The normalized spacial score (nSPS) is 24.3. The van der Waals surface area contributed by atoms with Crippen molar-refractivity contribution in [3.63, 3.8) is 0 Å². The summed E-state index contributed by atoms with van der Waals surface area (Å²) in [4.78, 5) is 50.5. The van der Waals surface area contributed by atoms with Gasteiger partial charge in [-0.2, -0.15) is 10.1 Å². The zero-order valence-corrected chi connectivity index (χ0v) is 35.8. The first-order chi connectivity index (χ1) is 30.6. The Morgan fingerprint density at radius 1 is 1.00 bits per heavy atom. The highest BCUT2D eigenvalue weighted by Gasteiger charge is 2.51. The summed E-state index contributed by atoms with van der Waals surface area (Å²) >= 11 is 6.56. The van der Waals surface area contributed by atoms with Gasteiger partial charge in [0.1, 0.15) is 22.5 Å². The minimum atomic E-state index is -3.18. The SMILES string of the molecule is Cn1nc(C2CCC(=O)NC2=O)c2cc(F)c(C3CCN(C[C@@H]4CCN(c5ncc(Cl)c(Nc6ccc7c(c6)c6c(c(=O)n7C)OCC(F)(F)[C@H](C7CC7)N6)n5)C[C@@H]4F)CC3)c(F)c21. The molecule has 3 aromatic heterocycles. The Hall–Kier alpha value is -5.56. The van der Waals surface area contributed by atoms with Gasteiger partial charge in [0.25, 0.3) is 5.56 Å². The number of halogens is 6. The monoisotopic (exact) mass is 908 g/mol. The molecule has 64 heavy (non-hydrogen) atoms. The number of carbonyl (C=O) groups excluding carboxylic acids is 2. The van der Waals surface area contributed by atoms with Crippen LogP contribution in [0.1, 0.15) is 68.0 Å². The van der Waals surface area contributed by atoms with Crippen molar-refractivity contribution >= 4 is 68.4 Å². The number of ether oxygens (including phenoxy) is 1. The van der Waals surface area contributed by atoms with Crippen LogP contribution >= 0.6 is 11.6 Å². The van der Waals surface area contributed by atoms with E-state index in [0.29, 0.717) is 74.9 Å². The first kappa shape index (κ1) is 42.4. The Morgan fingerprint density at radius 2 is 1.78 bits per heavy atom. The van der Waals surface area contributed by atoms with Gasteiger partial charge in [-0.1, -0.05) is 11.6 Å². The van der Waals surface area contributed by atoms with E-state index in [-0.39, 0.29) is 87.5 Å². The molecule has 3 saturated heterocycles. The fourth-order valence-corrected chi connectivity index (χ4v) is 10.2. The third-order valence-electron chi connectivity index (χ3n) is 13.7. The second kappa shape index (κ2) is 16.2. The Balaban J connectivity index is 0.791. The molecule has 7 heterocycles. The largest absolute Gasteiger partial charge is 0.480 e. The van der Waals surface area contributed by atoms with Crippen molar-refractivity contribution in [2.24, 2.45) is 25.9 Å². The summed E-state index contributed by atoms with van der Waals surface area (Å²) in [5.41, 5.74) is 1.04. The first-order valence-corrected chi connectivity index (χ1v) is 22.1. The maximum Gasteiger partial charge on any atom is 0.301 e. The molecule has 4 atom stereocenters. The molecule has 1 unspecified atom stereocenters. The van der Waals surface area contributed by atoms with Crippen LogP contribution in [0.5, 0.6) is 5.75 Å². The van der Waals surface area contributed by atoms with E-state index in [1.807, 2.05) is 0 Å². The molecule has 338 valence electrons. The molecule has 4 aliphatic heterocycles. The molecule has 3 N–H and O–H groups in total. The van der Waals surface area contributed by atoms with Crippen molar-refractivity contribution in [1.29, 1.82) is 0 Å². The number of benzene rings is 2. The zero-order chi connectivity index (χ0) is 44.8. The van der Waals surface area contributed by atoms with E-state index in [9.17, 15) is 14.4 Å². The lowest BCUT2D eigenvalue weighted by atomic mass is 9.86. The smallest absolute Gasteiger partial charge is 0.301 e. The number of pyridine rings is 1. The molecule has 5 aromatic rings. The first-order valence-electron chi connectivity index (χ1n) is 21.7. The van der Waals surface area contributed by atoms with Gasteiger partial charge in [0.05, 0.1) is 41.6 Å². The maximum absolute atomic E-state index is 16.2. The molecule has 5 aliphatic rings. The highest BCUT2D eigenvalue weighted by molar-refractivity contribution is 6.33. The standard InChI is InChI=1S/C44H46ClF5N10O4/c1-57-31-7-5-24(15-26(31)36-38(42(57)63)64-20-44(49,50)39(54-36)22-3-4-22)52-40-28(45)17-51-43(55-40)60-14-11-23(30(47)19-60)18-59-12-9-21(10-13-59)33-29(46)16-27-35(56-58(2)37(27)34(33)48)25-6-8-32(61)53-41(25)62/h5,7,15-17,21-23,25,30,39,54H,3-4,6,8-14,18-20H2,1-2H3,(H,51,52,55)(H,53,61,62)/t23-,25?,30-,39-/m0/s1. The summed E-state index contributed by atoms with van der Waals surface area (Å²) in [6.07, 6.45) is 3.31. The van der Waals surface area contributed by atoms with E-state index in [1.54, 1.807) is 37.2 Å². The van der Waals surface area contributed by atoms with Crippen LogP contribution in [0.15, 0.2) is 35.3 Å². The summed E-state index contributed by atoms with van der Waals surface area (Å²) in [6.45, 7) is 1.14. The van der Waals surface area contributed by atoms with Crippen LogP contribution in [0.2, 0.25) is 5.02 Å². The second-order valence-corrected chi connectivity index (χ2v) is 18.3. The molecule has 1 saturated carbocycles. The quantitative estimate of drug-likeness (QED) is 0.113. The second-order valence-electron chi connectivity index (χ2n) is 17.9. The van der Waals surface area contributed by atoms with Crippen LogP contribution in [-0.4, -0.2) is 98.5 Å². The average Bonchev–Trinajstić information content (AvgIpc) is 4.06. The van der Waals surface area contributed by atoms with Gasteiger partial charge in [0, 0.05) is 61.5 Å². The third kappa shape index (κ3) is 7.56. The number of piperidine rings is 3. The Morgan fingerprint density at radius 3 is 2.52 bits per heavy atom. The topological polar surface area (TPSA) is 152 Å². The molecule has 0 radical (unpaired) electrons. The number of nitrogens with zero attached hydrogens (tertiary/aromatic N) is 7. The third-order valence-corrected chi connectivity index (χ3v) is 14.0. The summed E-state index contributed by atoms with van der Waals surface area (Å²) in [7, 11) is 3.11. The fourth-order valence-electron chi connectivity index (χ4n) is 10.1. The number of aryl methyl sites for hydroxylation is 2. The van der Waals surface area contributed by atoms with Crippen LogP contribution in [0, 0.1) is 23.5 Å². The number of amides is 2. The predicted molar refractivity (Wildman–Crippen MR) is 229 cm³/mol. The molecule has 2 amide bonds. The van der Waals surface area contributed by atoms with Gasteiger partial charge >= 0.3 is 5.92 Å². The molecule has 0 bridgehead atoms. The number of rotatable bonds is 8. The number of aromatic nitrogens is 5. The number of nitrogens with one attached hydrogen (secondary N) is 3. The van der Waals surface area contributed by atoms with Crippen molar-refractivity contribution in [2.75, 3.05) is 54.9 Å². The van der Waals surface area contributed by atoms with E-state index >= 15 is 22.0 Å². The fraction of sp³-hybridized carbons (Fsp3) is 0.500. The summed E-state index contributed by atoms with van der Waals surface area (Å²) in [5, 5.41) is 13.8. The van der Waals surface area contributed by atoms with Gasteiger partial charge in [0.2, 0.25) is 23.5 Å². The van der Waals surface area contributed by atoms with Crippen molar-refractivity contribution in [1.82, 2.24) is 34.5 Å². The van der Waals surface area contributed by atoms with E-state index < -0.39 is 59.7 Å². The summed E-state index contributed by atoms with van der Waals surface area (Å²) in [5.74, 6) is -6.86. The molecular formula is C44H46ClF5N10O4. The van der Waals surface area contributed by atoms with Gasteiger partial charge in [-0.3, -0.25) is 24.4 Å². The molecule has 1 aliphatic carbocycles. The Bertz CT molecular complexity index is 2780. The predicted octanol–water partition coefficient (Wildman–Crippen LogP) is 6.67. The molecule has 20 heteroatoms. The summed E-state index contributed by atoms with van der Waals surface area (Å²) in [6, 6.07) is 5.21. The molecule has 14 nitrogen and oxygen atoms in total. The van der Waals surface area contributed by atoms with Crippen LogP contribution in [0.4, 0.5) is 45.1 Å². The van der Waals surface area contributed by atoms with Gasteiger partial charge in [0.15, 0.2) is 18.2 Å². The van der Waals surface area contributed by atoms with Gasteiger partial charge in [-0.05, 0) is 87.7 Å². The average molecular weight is 909 g/mol. The van der Waals surface area contributed by atoms with Crippen molar-refractivity contribution in [3.05, 3.63) is 68.7 Å². The number of hydrogen-bond donors (Lipinski definition) is 3. The van der Waals surface area contributed by atoms with Crippen molar-refractivity contribution in [3.8, 4) is 5.75 Å². The van der Waals surface area contributed by atoms with Gasteiger partial charge in [-0.15, -0.1) is 0 Å². The minimum absolute atomic E-state index is 0.0127. The van der Waals surface area contributed by atoms with Crippen LogP contribution in [0.3, 0.4) is 0 Å². The highest BCUT2D eigenvalue weighted by atomic mass is 35.5. The number of likely N-dealkylation sites (tertiary alicyclic amines) is 1. The van der Waals surface area contributed by atoms with E-state index in [0.717, 1.165) is 0 Å². The van der Waals surface area contributed by atoms with Gasteiger partial charge < -0.3 is 29.7 Å². The van der Waals surface area contributed by atoms with Crippen LogP contribution < -0.4 is 31.1 Å². The van der Waals surface area contributed by atoms with E-state index in [2.05, 4.69) is 35.9 Å². The van der Waals surface area contributed by atoms with E-state index in [4.69, 9.17) is 16.3 Å². The van der Waals surface area contributed by atoms with Gasteiger partial charge in [-0.25, -0.2) is 26.9 Å². The lowest BCUT2D eigenvalue weighted by Crippen LogP contribution is -2.47. The maximum atomic E-state index is 16.2.